The molecule has 8 heteroatoms. The van der Waals surface area contributed by atoms with Crippen LogP contribution in [-0.2, 0) is 11.8 Å². The first-order chi connectivity index (χ1) is 11.8. The van der Waals surface area contributed by atoms with Crippen LogP contribution >= 0.6 is 0 Å². The summed E-state index contributed by atoms with van der Waals surface area (Å²) in [6.45, 7) is 0.694. The Morgan fingerprint density at radius 1 is 1.28 bits per heavy atom. The van der Waals surface area contributed by atoms with Gasteiger partial charge in [0.2, 0.25) is 5.91 Å². The van der Waals surface area contributed by atoms with Crippen molar-refractivity contribution in [1.29, 1.82) is 0 Å². The van der Waals surface area contributed by atoms with E-state index in [0.29, 0.717) is 25.8 Å². The van der Waals surface area contributed by atoms with Gasteiger partial charge < -0.3 is 10.6 Å². The zero-order valence-electron chi connectivity index (χ0n) is 14.4. The van der Waals surface area contributed by atoms with Crippen molar-refractivity contribution in [3.05, 3.63) is 18.0 Å². The lowest BCUT2D eigenvalue weighted by Crippen LogP contribution is -2.50. The number of hydrogen-bond acceptors (Lipinski definition) is 3. The summed E-state index contributed by atoms with van der Waals surface area (Å²) >= 11 is 0. The average Bonchev–Trinajstić information content (AvgIpc) is 2.99. The first-order valence-corrected chi connectivity index (χ1v) is 8.92. The minimum atomic E-state index is -4.06. The van der Waals surface area contributed by atoms with Gasteiger partial charge in [-0.05, 0) is 50.6 Å². The maximum Gasteiger partial charge on any atom is 0.391 e. The van der Waals surface area contributed by atoms with E-state index in [1.165, 1.54) is 0 Å². The molecule has 2 fully saturated rings. The SMILES string of the molecule is Cn1nccc1[C@@H]1NC(=O)CC[C@H]1NCC1CCC(C(F)(F)F)CC1. The van der Waals surface area contributed by atoms with E-state index in [0.717, 1.165) is 12.1 Å². The van der Waals surface area contributed by atoms with Crippen LogP contribution in [0.2, 0.25) is 0 Å². The molecule has 1 saturated carbocycles. The van der Waals surface area contributed by atoms with Crippen molar-refractivity contribution in [3.8, 4) is 0 Å². The molecule has 2 aliphatic rings. The van der Waals surface area contributed by atoms with Crippen LogP contribution in [-0.4, -0.2) is 34.5 Å². The normalized spacial score (nSPS) is 31.0. The Bertz CT molecular complexity index is 593. The van der Waals surface area contributed by atoms with Crippen molar-refractivity contribution in [2.24, 2.45) is 18.9 Å². The van der Waals surface area contributed by atoms with Gasteiger partial charge in [0.15, 0.2) is 0 Å². The van der Waals surface area contributed by atoms with Gasteiger partial charge in [-0.25, -0.2) is 0 Å². The molecule has 1 aromatic heterocycles. The van der Waals surface area contributed by atoms with Crippen LogP contribution in [0, 0.1) is 11.8 Å². The Morgan fingerprint density at radius 2 is 2.00 bits per heavy atom. The van der Waals surface area contributed by atoms with Gasteiger partial charge in [0.1, 0.15) is 0 Å². The average molecular weight is 358 g/mol. The fraction of sp³-hybridized carbons (Fsp3) is 0.765. The Balaban J connectivity index is 1.55. The molecule has 1 aliphatic heterocycles. The number of alkyl halides is 3. The highest BCUT2D eigenvalue weighted by atomic mass is 19.4. The summed E-state index contributed by atoms with van der Waals surface area (Å²) in [6.07, 6.45) is 0.485. The van der Waals surface area contributed by atoms with Crippen LogP contribution in [0.1, 0.15) is 50.3 Å². The standard InChI is InChI=1S/C17H25F3N4O/c1-24-14(8-9-22-24)16-13(6-7-15(25)23-16)21-10-11-2-4-12(5-3-11)17(18,19)20/h8-9,11-13,16,21H,2-7,10H2,1H3,(H,23,25)/t11?,12?,13-,16-/m1/s1. The Morgan fingerprint density at radius 3 is 2.60 bits per heavy atom. The van der Waals surface area contributed by atoms with Crippen molar-refractivity contribution in [2.45, 2.75) is 56.8 Å². The lowest BCUT2D eigenvalue weighted by atomic mass is 9.81. The van der Waals surface area contributed by atoms with Crippen LogP contribution in [0.5, 0.6) is 0 Å². The molecule has 2 heterocycles. The van der Waals surface area contributed by atoms with E-state index < -0.39 is 12.1 Å². The number of rotatable bonds is 4. The van der Waals surface area contributed by atoms with E-state index in [1.807, 2.05) is 13.1 Å². The Hall–Kier alpha value is -1.57. The number of halogens is 3. The van der Waals surface area contributed by atoms with Gasteiger partial charge in [0.05, 0.1) is 17.7 Å². The van der Waals surface area contributed by atoms with Crippen LogP contribution < -0.4 is 10.6 Å². The molecule has 0 spiro atoms. The zero-order chi connectivity index (χ0) is 18.0. The lowest BCUT2D eigenvalue weighted by molar-refractivity contribution is -0.183. The van der Waals surface area contributed by atoms with Gasteiger partial charge in [0, 0.05) is 25.7 Å². The van der Waals surface area contributed by atoms with Gasteiger partial charge in [-0.15, -0.1) is 0 Å². The molecule has 1 aromatic rings. The third-order valence-electron chi connectivity index (χ3n) is 5.56. The maximum absolute atomic E-state index is 12.8. The molecule has 2 atom stereocenters. The predicted molar refractivity (Wildman–Crippen MR) is 86.6 cm³/mol. The molecule has 140 valence electrons. The van der Waals surface area contributed by atoms with Crippen LogP contribution in [0.4, 0.5) is 13.2 Å². The van der Waals surface area contributed by atoms with E-state index in [1.54, 1.807) is 10.9 Å². The smallest absolute Gasteiger partial charge is 0.346 e. The minimum Gasteiger partial charge on any atom is -0.346 e. The highest BCUT2D eigenvalue weighted by molar-refractivity contribution is 5.77. The van der Waals surface area contributed by atoms with Crippen LogP contribution in [0.15, 0.2) is 12.3 Å². The molecule has 2 N–H and O–H groups in total. The zero-order valence-corrected chi connectivity index (χ0v) is 14.4. The number of nitrogens with one attached hydrogen (secondary N) is 2. The molecule has 1 aliphatic carbocycles. The van der Waals surface area contributed by atoms with E-state index in [-0.39, 0.29) is 36.8 Å². The van der Waals surface area contributed by atoms with Gasteiger partial charge >= 0.3 is 6.18 Å². The van der Waals surface area contributed by atoms with Crippen LogP contribution in [0.25, 0.3) is 0 Å². The highest BCUT2D eigenvalue weighted by Crippen LogP contribution is 2.39. The van der Waals surface area contributed by atoms with E-state index >= 15 is 0 Å². The minimum absolute atomic E-state index is 0.0231. The molecule has 0 bridgehead atoms. The number of hydrogen-bond donors (Lipinski definition) is 2. The quantitative estimate of drug-likeness (QED) is 0.870. The molecule has 3 rings (SSSR count). The summed E-state index contributed by atoms with van der Waals surface area (Å²) in [6, 6.07) is 1.81. The van der Waals surface area contributed by atoms with E-state index in [2.05, 4.69) is 15.7 Å². The molecule has 0 unspecified atom stereocenters. The van der Waals surface area contributed by atoms with Crippen molar-refractivity contribution in [3.63, 3.8) is 0 Å². The first kappa shape index (κ1) is 18.2. The van der Waals surface area contributed by atoms with Crippen LogP contribution in [0.3, 0.4) is 0 Å². The first-order valence-electron chi connectivity index (χ1n) is 8.92. The van der Waals surface area contributed by atoms with Gasteiger partial charge in [-0.3, -0.25) is 9.48 Å². The molecule has 25 heavy (non-hydrogen) atoms. The number of carbonyl (C=O) groups is 1. The monoisotopic (exact) mass is 358 g/mol. The van der Waals surface area contributed by atoms with Gasteiger partial charge in [-0.2, -0.15) is 18.3 Å². The second-order valence-corrected chi connectivity index (χ2v) is 7.24. The number of nitrogens with zero attached hydrogens (tertiary/aromatic N) is 2. The summed E-state index contributed by atoms with van der Waals surface area (Å²) in [7, 11) is 1.84. The fourth-order valence-electron chi connectivity index (χ4n) is 4.00. The topological polar surface area (TPSA) is 59.0 Å². The molecule has 1 amide bonds. The van der Waals surface area contributed by atoms with Gasteiger partial charge in [0.25, 0.3) is 0 Å². The highest BCUT2D eigenvalue weighted by Gasteiger charge is 2.41. The number of aryl methyl sites for hydroxylation is 1. The summed E-state index contributed by atoms with van der Waals surface area (Å²) in [5.74, 6) is -0.849. The Kier molecular flexibility index (Phi) is 5.36. The number of amides is 1. The summed E-state index contributed by atoms with van der Waals surface area (Å²) < 4.78 is 40.0. The number of aromatic nitrogens is 2. The van der Waals surface area contributed by atoms with Crippen molar-refractivity contribution < 1.29 is 18.0 Å². The molecular formula is C17H25F3N4O. The van der Waals surface area contributed by atoms with Crippen molar-refractivity contribution in [2.75, 3.05) is 6.54 Å². The molecule has 0 aromatic carbocycles. The molecule has 5 nitrogen and oxygen atoms in total. The van der Waals surface area contributed by atoms with E-state index in [4.69, 9.17) is 0 Å². The van der Waals surface area contributed by atoms with Gasteiger partial charge in [-0.1, -0.05) is 0 Å². The second-order valence-electron chi connectivity index (χ2n) is 7.24. The second kappa shape index (κ2) is 7.35. The Labute approximate surface area is 145 Å². The molecular weight excluding hydrogens is 333 g/mol. The van der Waals surface area contributed by atoms with Crippen molar-refractivity contribution >= 4 is 5.91 Å². The largest absolute Gasteiger partial charge is 0.391 e. The van der Waals surface area contributed by atoms with E-state index in [9.17, 15) is 18.0 Å². The summed E-state index contributed by atoms with van der Waals surface area (Å²) in [4.78, 5) is 11.8. The third kappa shape index (κ3) is 4.34. The lowest BCUT2D eigenvalue weighted by Gasteiger charge is -2.35. The van der Waals surface area contributed by atoms with Crippen molar-refractivity contribution in [1.82, 2.24) is 20.4 Å². The molecule has 1 saturated heterocycles. The summed E-state index contributed by atoms with van der Waals surface area (Å²) in [5, 5.41) is 10.7. The molecule has 0 radical (unpaired) electrons. The predicted octanol–water partition coefficient (Wildman–Crippen LogP) is 2.70. The number of carbonyl (C=O) groups excluding carboxylic acids is 1. The third-order valence-corrected chi connectivity index (χ3v) is 5.56. The fourth-order valence-corrected chi connectivity index (χ4v) is 4.00. The number of piperidine rings is 1. The maximum atomic E-state index is 12.8. The summed E-state index contributed by atoms with van der Waals surface area (Å²) in [5.41, 5.74) is 0.936.